The van der Waals surface area contributed by atoms with Gasteiger partial charge in [-0.1, -0.05) is 36.4 Å². The molecule has 1 amide bonds. The monoisotopic (exact) mass is 344 g/mol. The normalized spacial score (nSPS) is 13.6. The maximum Gasteiger partial charge on any atom is 0.253 e. The number of hydrogen-bond acceptors (Lipinski definition) is 4. The van der Waals surface area contributed by atoms with Gasteiger partial charge in [-0.15, -0.1) is 0 Å². The van der Waals surface area contributed by atoms with Gasteiger partial charge in [0.25, 0.3) is 5.91 Å². The highest BCUT2D eigenvalue weighted by molar-refractivity contribution is 5.95. The number of likely N-dealkylation sites (tertiary alicyclic amines) is 1. The van der Waals surface area contributed by atoms with Crippen LogP contribution in [-0.2, 0) is 0 Å². The Morgan fingerprint density at radius 1 is 0.923 bits per heavy atom. The van der Waals surface area contributed by atoms with E-state index in [9.17, 15) is 4.79 Å². The van der Waals surface area contributed by atoms with E-state index in [4.69, 9.17) is 0 Å². The minimum atomic E-state index is 0.0961. The van der Waals surface area contributed by atoms with Crippen LogP contribution in [0.4, 0.5) is 11.5 Å². The van der Waals surface area contributed by atoms with Gasteiger partial charge in [-0.05, 0) is 31.0 Å². The van der Waals surface area contributed by atoms with Gasteiger partial charge in [0, 0.05) is 36.0 Å². The molecule has 130 valence electrons. The summed E-state index contributed by atoms with van der Waals surface area (Å²) >= 11 is 0. The summed E-state index contributed by atoms with van der Waals surface area (Å²) in [5.74, 6) is 0.795. The molecular formula is C21H20N4O. The van der Waals surface area contributed by atoms with E-state index >= 15 is 0 Å². The highest BCUT2D eigenvalue weighted by Gasteiger charge is 2.19. The Kier molecular flexibility index (Phi) is 4.60. The van der Waals surface area contributed by atoms with E-state index in [1.165, 1.54) is 0 Å². The molecule has 1 aromatic heterocycles. The van der Waals surface area contributed by atoms with Gasteiger partial charge >= 0.3 is 0 Å². The second-order valence-corrected chi connectivity index (χ2v) is 6.36. The smallest absolute Gasteiger partial charge is 0.253 e. The topological polar surface area (TPSA) is 58.1 Å². The minimum absolute atomic E-state index is 0.0961. The van der Waals surface area contributed by atoms with Gasteiger partial charge in [0.2, 0.25) is 0 Å². The fourth-order valence-corrected chi connectivity index (χ4v) is 3.17. The van der Waals surface area contributed by atoms with E-state index < -0.39 is 0 Å². The van der Waals surface area contributed by atoms with Crippen molar-refractivity contribution in [2.24, 2.45) is 0 Å². The summed E-state index contributed by atoms with van der Waals surface area (Å²) in [7, 11) is 0. The molecule has 0 bridgehead atoms. The van der Waals surface area contributed by atoms with Gasteiger partial charge in [-0.3, -0.25) is 4.79 Å². The number of hydrogen-bond donors (Lipinski definition) is 1. The van der Waals surface area contributed by atoms with Crippen molar-refractivity contribution in [2.75, 3.05) is 18.4 Å². The van der Waals surface area contributed by atoms with Crippen molar-refractivity contribution in [3.8, 4) is 11.3 Å². The number of rotatable bonds is 4. The number of nitrogens with zero attached hydrogens (tertiary/aromatic N) is 3. The van der Waals surface area contributed by atoms with Gasteiger partial charge < -0.3 is 10.2 Å². The first-order valence-electron chi connectivity index (χ1n) is 8.83. The Labute approximate surface area is 152 Å². The van der Waals surface area contributed by atoms with Crippen LogP contribution in [0.15, 0.2) is 67.0 Å². The lowest BCUT2D eigenvalue weighted by Crippen LogP contribution is -2.27. The average molecular weight is 344 g/mol. The van der Waals surface area contributed by atoms with Crippen LogP contribution in [-0.4, -0.2) is 33.9 Å². The molecule has 4 rings (SSSR count). The summed E-state index contributed by atoms with van der Waals surface area (Å²) in [5, 5.41) is 3.28. The molecule has 5 heteroatoms. The van der Waals surface area contributed by atoms with Crippen LogP contribution in [0.5, 0.6) is 0 Å². The van der Waals surface area contributed by atoms with E-state index in [0.717, 1.165) is 42.9 Å². The van der Waals surface area contributed by atoms with Crippen LogP contribution in [0.2, 0.25) is 0 Å². The van der Waals surface area contributed by atoms with Crippen LogP contribution in [0.3, 0.4) is 0 Å². The van der Waals surface area contributed by atoms with E-state index in [0.29, 0.717) is 11.4 Å². The number of carbonyl (C=O) groups is 1. The van der Waals surface area contributed by atoms with Crippen molar-refractivity contribution in [3.05, 3.63) is 72.6 Å². The highest BCUT2D eigenvalue weighted by Crippen LogP contribution is 2.22. The summed E-state index contributed by atoms with van der Waals surface area (Å²) < 4.78 is 0. The molecule has 1 aliphatic rings. The fourth-order valence-electron chi connectivity index (χ4n) is 3.17. The molecule has 0 radical (unpaired) electrons. The summed E-state index contributed by atoms with van der Waals surface area (Å²) in [6.45, 7) is 1.70. The van der Waals surface area contributed by atoms with E-state index in [-0.39, 0.29) is 5.91 Å². The second-order valence-electron chi connectivity index (χ2n) is 6.36. The van der Waals surface area contributed by atoms with Gasteiger partial charge in [-0.2, -0.15) is 0 Å². The molecule has 0 unspecified atom stereocenters. The quantitative estimate of drug-likeness (QED) is 0.773. The Hall–Kier alpha value is -3.21. The molecular weight excluding hydrogens is 324 g/mol. The second kappa shape index (κ2) is 7.35. The van der Waals surface area contributed by atoms with Crippen molar-refractivity contribution >= 4 is 17.4 Å². The number of carbonyl (C=O) groups excluding carboxylic acids is 1. The number of benzene rings is 2. The lowest BCUT2D eigenvalue weighted by molar-refractivity contribution is 0.0793. The molecule has 3 aromatic rings. The van der Waals surface area contributed by atoms with Crippen molar-refractivity contribution in [1.29, 1.82) is 0 Å². The average Bonchev–Trinajstić information content (AvgIpc) is 3.23. The lowest BCUT2D eigenvalue weighted by atomic mass is 10.1. The predicted molar refractivity (Wildman–Crippen MR) is 102 cm³/mol. The van der Waals surface area contributed by atoms with Crippen LogP contribution >= 0.6 is 0 Å². The molecule has 1 aliphatic heterocycles. The van der Waals surface area contributed by atoms with Crippen LogP contribution < -0.4 is 5.32 Å². The van der Waals surface area contributed by atoms with Crippen molar-refractivity contribution in [3.63, 3.8) is 0 Å². The summed E-state index contributed by atoms with van der Waals surface area (Å²) in [6.07, 6.45) is 3.73. The molecule has 0 atom stereocenters. The van der Waals surface area contributed by atoms with Gasteiger partial charge in [0.1, 0.15) is 12.1 Å². The Balaban J connectivity index is 1.54. The third-order valence-corrected chi connectivity index (χ3v) is 4.51. The minimum Gasteiger partial charge on any atom is -0.340 e. The third-order valence-electron chi connectivity index (χ3n) is 4.51. The first kappa shape index (κ1) is 16.3. The van der Waals surface area contributed by atoms with Gasteiger partial charge in [0.15, 0.2) is 0 Å². The number of amides is 1. The zero-order chi connectivity index (χ0) is 17.8. The Morgan fingerprint density at radius 3 is 2.54 bits per heavy atom. The van der Waals surface area contributed by atoms with E-state index in [1.54, 1.807) is 6.33 Å². The third kappa shape index (κ3) is 3.57. The maximum atomic E-state index is 12.6. The largest absolute Gasteiger partial charge is 0.340 e. The van der Waals surface area contributed by atoms with E-state index in [2.05, 4.69) is 15.3 Å². The fraction of sp³-hybridized carbons (Fsp3) is 0.190. The molecule has 1 saturated heterocycles. The summed E-state index contributed by atoms with van der Waals surface area (Å²) in [6, 6.07) is 19.5. The molecule has 0 spiro atoms. The van der Waals surface area contributed by atoms with Gasteiger partial charge in [0.05, 0.1) is 5.69 Å². The maximum absolute atomic E-state index is 12.6. The number of aromatic nitrogens is 2. The molecule has 0 saturated carbocycles. The highest BCUT2D eigenvalue weighted by atomic mass is 16.2. The molecule has 26 heavy (non-hydrogen) atoms. The standard InChI is InChI=1S/C21H20N4O/c26-21(25-11-4-5-12-25)17-9-6-10-18(13-17)24-20-14-19(22-15-23-20)16-7-2-1-3-8-16/h1-3,6-10,13-15H,4-5,11-12H2,(H,22,23,24). The van der Waals surface area contributed by atoms with Crippen molar-refractivity contribution < 1.29 is 4.79 Å². The van der Waals surface area contributed by atoms with Crippen molar-refractivity contribution in [2.45, 2.75) is 12.8 Å². The predicted octanol–water partition coefficient (Wildman–Crippen LogP) is 4.12. The molecule has 2 aromatic carbocycles. The van der Waals surface area contributed by atoms with Crippen LogP contribution in [0.1, 0.15) is 23.2 Å². The molecule has 1 N–H and O–H groups in total. The van der Waals surface area contributed by atoms with Gasteiger partial charge in [-0.25, -0.2) is 9.97 Å². The number of anilines is 2. The molecule has 1 fully saturated rings. The summed E-state index contributed by atoms with van der Waals surface area (Å²) in [4.78, 5) is 23.1. The van der Waals surface area contributed by atoms with Crippen LogP contribution in [0.25, 0.3) is 11.3 Å². The Morgan fingerprint density at radius 2 is 1.73 bits per heavy atom. The molecule has 2 heterocycles. The molecule has 0 aliphatic carbocycles. The van der Waals surface area contributed by atoms with Crippen LogP contribution in [0, 0.1) is 0 Å². The van der Waals surface area contributed by atoms with E-state index in [1.807, 2.05) is 65.6 Å². The lowest BCUT2D eigenvalue weighted by Gasteiger charge is -2.16. The zero-order valence-electron chi connectivity index (χ0n) is 14.4. The number of nitrogens with one attached hydrogen (secondary N) is 1. The Bertz CT molecular complexity index is 905. The summed E-state index contributed by atoms with van der Waals surface area (Å²) in [5.41, 5.74) is 3.44. The SMILES string of the molecule is O=C(c1cccc(Nc2cc(-c3ccccc3)ncn2)c1)N1CCCC1. The first-order valence-corrected chi connectivity index (χ1v) is 8.83. The first-order chi connectivity index (χ1) is 12.8. The van der Waals surface area contributed by atoms with Crippen molar-refractivity contribution in [1.82, 2.24) is 14.9 Å². The zero-order valence-corrected chi connectivity index (χ0v) is 14.4. The molecule has 5 nitrogen and oxygen atoms in total.